The second-order valence-corrected chi connectivity index (χ2v) is 12.8. The first kappa shape index (κ1) is 30.5. The van der Waals surface area contributed by atoms with Gasteiger partial charge in [0.15, 0.2) is 0 Å². The van der Waals surface area contributed by atoms with Crippen molar-refractivity contribution in [2.24, 2.45) is 0 Å². The van der Waals surface area contributed by atoms with E-state index in [1.807, 2.05) is 20.8 Å². The molecule has 2 aromatic rings. The molecular weight excluding hydrogens is 568 g/mol. The van der Waals surface area contributed by atoms with Crippen LogP contribution >= 0.6 is 46.4 Å². The molecule has 0 bridgehead atoms. The number of benzene rings is 2. The molecule has 2 amide bonds. The molecule has 2 rings (SSSR count). The number of carbonyl (C=O) groups is 2. The van der Waals surface area contributed by atoms with Gasteiger partial charge in [0.2, 0.25) is 21.8 Å². The Labute approximate surface area is 232 Å². The number of halogens is 4. The fourth-order valence-electron chi connectivity index (χ4n) is 3.50. The Hall–Kier alpha value is -1.71. The van der Waals surface area contributed by atoms with E-state index in [-0.39, 0.29) is 23.7 Å². The van der Waals surface area contributed by atoms with E-state index in [2.05, 4.69) is 5.32 Å². The summed E-state index contributed by atoms with van der Waals surface area (Å²) >= 11 is 25.0. The highest BCUT2D eigenvalue weighted by Gasteiger charge is 2.34. The molecule has 1 N–H and O–H groups in total. The summed E-state index contributed by atoms with van der Waals surface area (Å²) in [5, 5.41) is 3.87. The Kier molecular flexibility index (Phi) is 10.4. The van der Waals surface area contributed by atoms with Crippen molar-refractivity contribution in [1.29, 1.82) is 0 Å². The number of rotatable bonds is 9. The summed E-state index contributed by atoms with van der Waals surface area (Å²) < 4.78 is 26.3. The lowest BCUT2D eigenvalue weighted by molar-refractivity contribution is -0.141. The Morgan fingerprint density at radius 3 is 2.06 bits per heavy atom. The number of hydrogen-bond donors (Lipinski definition) is 1. The van der Waals surface area contributed by atoms with Crippen LogP contribution in [0.15, 0.2) is 36.4 Å². The van der Waals surface area contributed by atoms with E-state index in [0.29, 0.717) is 20.6 Å². The van der Waals surface area contributed by atoms with Crippen LogP contribution in [0.3, 0.4) is 0 Å². The first-order valence-corrected chi connectivity index (χ1v) is 14.4. The summed E-state index contributed by atoms with van der Waals surface area (Å²) in [7, 11) is -3.95. The maximum Gasteiger partial charge on any atom is 0.244 e. The first-order chi connectivity index (χ1) is 16.5. The van der Waals surface area contributed by atoms with Crippen molar-refractivity contribution in [3.63, 3.8) is 0 Å². The zero-order chi connectivity index (χ0) is 27.4. The van der Waals surface area contributed by atoms with Crippen LogP contribution in [0, 0.1) is 0 Å². The minimum absolute atomic E-state index is 0.0546. The van der Waals surface area contributed by atoms with Gasteiger partial charge in [-0.05, 0) is 57.5 Å². The molecule has 2 aromatic carbocycles. The normalized spacial score (nSPS) is 12.7. The Bertz CT molecular complexity index is 1210. The van der Waals surface area contributed by atoms with E-state index in [9.17, 15) is 18.0 Å². The van der Waals surface area contributed by atoms with Crippen molar-refractivity contribution in [3.8, 4) is 0 Å². The van der Waals surface area contributed by atoms with E-state index in [1.54, 1.807) is 25.1 Å². The molecule has 0 aliphatic heterocycles. The van der Waals surface area contributed by atoms with Crippen LogP contribution in [0.1, 0.15) is 39.7 Å². The van der Waals surface area contributed by atoms with Gasteiger partial charge in [0, 0.05) is 32.7 Å². The third kappa shape index (κ3) is 8.15. The van der Waals surface area contributed by atoms with Crippen LogP contribution in [0.25, 0.3) is 0 Å². The van der Waals surface area contributed by atoms with Crippen molar-refractivity contribution in [1.82, 2.24) is 10.2 Å². The topological polar surface area (TPSA) is 86.8 Å². The average molecular weight is 597 g/mol. The van der Waals surface area contributed by atoms with Gasteiger partial charge < -0.3 is 10.2 Å². The number of nitrogens with one attached hydrogen (secondary N) is 1. The molecule has 0 aliphatic carbocycles. The summed E-state index contributed by atoms with van der Waals surface area (Å²) in [6, 6.07) is 8.25. The molecule has 7 nitrogen and oxygen atoms in total. The molecule has 0 heterocycles. The maximum absolute atomic E-state index is 13.7. The largest absolute Gasteiger partial charge is 0.350 e. The Morgan fingerprint density at radius 2 is 1.58 bits per heavy atom. The molecule has 0 saturated heterocycles. The van der Waals surface area contributed by atoms with Gasteiger partial charge in [-0.2, -0.15) is 0 Å². The lowest BCUT2D eigenvalue weighted by atomic mass is 10.1. The predicted octanol–water partition coefficient (Wildman–Crippen LogP) is 5.79. The maximum atomic E-state index is 13.7. The van der Waals surface area contributed by atoms with E-state index in [0.717, 1.165) is 10.6 Å². The first-order valence-electron chi connectivity index (χ1n) is 11.0. The lowest BCUT2D eigenvalue weighted by Gasteiger charge is -2.35. The fourth-order valence-corrected chi connectivity index (χ4v) is 5.44. The lowest BCUT2D eigenvalue weighted by Crippen LogP contribution is -2.55. The van der Waals surface area contributed by atoms with Crippen LogP contribution in [0.5, 0.6) is 0 Å². The monoisotopic (exact) mass is 595 g/mol. The van der Waals surface area contributed by atoms with Gasteiger partial charge in [0.05, 0.1) is 17.0 Å². The molecule has 1 unspecified atom stereocenters. The van der Waals surface area contributed by atoms with Crippen molar-refractivity contribution in [3.05, 3.63) is 62.1 Å². The van der Waals surface area contributed by atoms with Gasteiger partial charge in [-0.25, -0.2) is 8.42 Å². The van der Waals surface area contributed by atoms with Crippen LogP contribution in [0.2, 0.25) is 20.1 Å². The third-order valence-electron chi connectivity index (χ3n) is 5.13. The van der Waals surface area contributed by atoms with E-state index in [4.69, 9.17) is 46.4 Å². The molecule has 198 valence electrons. The van der Waals surface area contributed by atoms with Crippen LogP contribution in [-0.2, 0) is 26.2 Å². The van der Waals surface area contributed by atoms with Crippen molar-refractivity contribution in [2.45, 2.75) is 52.2 Å². The minimum Gasteiger partial charge on any atom is -0.350 e. The molecule has 0 radical (unpaired) electrons. The molecular formula is C24H29Cl4N3O4S. The number of anilines is 1. The average Bonchev–Trinajstić information content (AvgIpc) is 2.72. The van der Waals surface area contributed by atoms with Crippen LogP contribution in [-0.4, -0.2) is 49.5 Å². The zero-order valence-corrected chi connectivity index (χ0v) is 24.5. The highest BCUT2D eigenvalue weighted by molar-refractivity contribution is 7.92. The van der Waals surface area contributed by atoms with Crippen molar-refractivity contribution in [2.75, 3.05) is 17.1 Å². The molecule has 0 aliphatic rings. The van der Waals surface area contributed by atoms with Gasteiger partial charge in [-0.1, -0.05) is 59.4 Å². The van der Waals surface area contributed by atoms with Gasteiger partial charge in [0.1, 0.15) is 12.6 Å². The second-order valence-electron chi connectivity index (χ2n) is 9.25. The summed E-state index contributed by atoms with van der Waals surface area (Å²) in [4.78, 5) is 28.2. The number of carbonyl (C=O) groups excluding carboxylic acids is 2. The number of hydrogen-bond acceptors (Lipinski definition) is 4. The molecule has 0 aromatic heterocycles. The fraction of sp³-hybridized carbons (Fsp3) is 0.417. The standard InChI is InChI=1S/C24H29Cl4N3O4S/c1-6-20(23(33)29-24(2,3)4)30(13-16-17(26)8-7-9-18(16)27)22(32)14-31(36(5,34)35)21-11-10-15(25)12-19(21)28/h7-12,20H,6,13-14H2,1-5H3,(H,29,33). The highest BCUT2D eigenvalue weighted by atomic mass is 35.5. The molecule has 0 fully saturated rings. The van der Waals surface area contributed by atoms with Crippen molar-refractivity contribution < 1.29 is 18.0 Å². The molecule has 12 heteroatoms. The van der Waals surface area contributed by atoms with E-state index >= 15 is 0 Å². The number of amides is 2. The summed E-state index contributed by atoms with van der Waals surface area (Å²) in [6.07, 6.45) is 1.22. The highest BCUT2D eigenvalue weighted by Crippen LogP contribution is 2.31. The van der Waals surface area contributed by atoms with E-state index < -0.39 is 40.0 Å². The van der Waals surface area contributed by atoms with Gasteiger partial charge in [0.25, 0.3) is 0 Å². The van der Waals surface area contributed by atoms with Crippen LogP contribution < -0.4 is 9.62 Å². The van der Waals surface area contributed by atoms with Gasteiger partial charge >= 0.3 is 0 Å². The zero-order valence-electron chi connectivity index (χ0n) is 20.6. The molecule has 1 atom stereocenters. The minimum atomic E-state index is -3.95. The molecule has 36 heavy (non-hydrogen) atoms. The predicted molar refractivity (Wildman–Crippen MR) is 148 cm³/mol. The second kappa shape index (κ2) is 12.2. The molecule has 0 saturated carbocycles. The van der Waals surface area contributed by atoms with Crippen LogP contribution in [0.4, 0.5) is 5.69 Å². The smallest absolute Gasteiger partial charge is 0.244 e. The summed E-state index contributed by atoms with van der Waals surface area (Å²) in [6.45, 7) is 6.50. The molecule has 0 spiro atoms. The van der Waals surface area contributed by atoms with Gasteiger partial charge in [-0.3, -0.25) is 13.9 Å². The third-order valence-corrected chi connectivity index (χ3v) is 7.50. The SMILES string of the molecule is CCC(C(=O)NC(C)(C)C)N(Cc1c(Cl)cccc1Cl)C(=O)CN(c1ccc(Cl)cc1Cl)S(C)(=O)=O. The van der Waals surface area contributed by atoms with E-state index in [1.165, 1.54) is 23.1 Å². The van der Waals surface area contributed by atoms with Crippen molar-refractivity contribution >= 4 is 73.9 Å². The number of sulfonamides is 1. The Balaban J connectivity index is 2.56. The van der Waals surface area contributed by atoms with Gasteiger partial charge in [-0.15, -0.1) is 0 Å². The summed E-state index contributed by atoms with van der Waals surface area (Å²) in [5.41, 5.74) is -0.0388. The Morgan fingerprint density at radius 1 is 1.00 bits per heavy atom. The number of nitrogens with zero attached hydrogens (tertiary/aromatic N) is 2. The quantitative estimate of drug-likeness (QED) is 0.397. The summed E-state index contributed by atoms with van der Waals surface area (Å²) in [5.74, 6) is -1.03.